The van der Waals surface area contributed by atoms with Crippen molar-refractivity contribution in [2.75, 3.05) is 14.1 Å². The summed E-state index contributed by atoms with van der Waals surface area (Å²) in [6.07, 6.45) is 1.76. The predicted molar refractivity (Wildman–Crippen MR) is 86.2 cm³/mol. The maximum absolute atomic E-state index is 11.1. The van der Waals surface area contributed by atoms with E-state index in [0.717, 1.165) is 12.1 Å². The lowest BCUT2D eigenvalue weighted by Crippen LogP contribution is -2.39. The minimum atomic E-state index is -0.0674. The van der Waals surface area contributed by atoms with Crippen molar-refractivity contribution in [3.63, 3.8) is 0 Å². The Bertz CT molecular complexity index is 586. The second-order valence-electron chi connectivity index (χ2n) is 5.55. The van der Waals surface area contributed by atoms with Gasteiger partial charge in [0.25, 0.3) is 0 Å². The van der Waals surface area contributed by atoms with Gasteiger partial charge in [0.15, 0.2) is 0 Å². The molecular weight excluding hydrogens is 262 g/mol. The summed E-state index contributed by atoms with van der Waals surface area (Å²) in [5.41, 5.74) is 2.30. The molecule has 0 saturated carbocycles. The van der Waals surface area contributed by atoms with Gasteiger partial charge in [-0.1, -0.05) is 36.4 Å². The van der Waals surface area contributed by atoms with E-state index in [4.69, 9.17) is 0 Å². The summed E-state index contributed by atoms with van der Waals surface area (Å²) in [4.78, 5) is 16.0. The van der Waals surface area contributed by atoms with Crippen LogP contribution in [0.4, 0.5) is 0 Å². The van der Waals surface area contributed by atoms with Gasteiger partial charge in [0, 0.05) is 30.9 Å². The number of aromatic nitrogens is 1. The standard InChI is InChI=1S/C17H23N3O/c1-13(18-11-14-9-10-16(21)19-12-14)17(20(2)3)15-7-5-4-6-8-15/h4-10,12-13,17-18H,11H2,1-3H3,(H,19,21)/t13-,17+/m1/s1. The number of hydrogen-bond donors (Lipinski definition) is 2. The van der Waals surface area contributed by atoms with Crippen molar-refractivity contribution in [2.45, 2.75) is 25.6 Å². The molecule has 2 rings (SSSR count). The van der Waals surface area contributed by atoms with Crippen LogP contribution >= 0.6 is 0 Å². The van der Waals surface area contributed by atoms with Crippen molar-refractivity contribution in [1.82, 2.24) is 15.2 Å². The van der Waals surface area contributed by atoms with Crippen LogP contribution in [0.2, 0.25) is 0 Å². The number of aromatic amines is 1. The number of pyridine rings is 1. The molecule has 0 spiro atoms. The molecule has 0 aliphatic heterocycles. The Labute approximate surface area is 125 Å². The van der Waals surface area contributed by atoms with E-state index in [-0.39, 0.29) is 11.6 Å². The van der Waals surface area contributed by atoms with Gasteiger partial charge < -0.3 is 15.2 Å². The molecule has 0 amide bonds. The smallest absolute Gasteiger partial charge is 0.247 e. The Kier molecular flexibility index (Phi) is 5.31. The Hall–Kier alpha value is -1.91. The van der Waals surface area contributed by atoms with E-state index in [2.05, 4.69) is 60.5 Å². The third-order valence-electron chi connectivity index (χ3n) is 3.65. The van der Waals surface area contributed by atoms with Crippen LogP contribution in [-0.2, 0) is 6.54 Å². The minimum absolute atomic E-state index is 0.0674. The van der Waals surface area contributed by atoms with Crippen molar-refractivity contribution in [1.29, 1.82) is 0 Å². The molecule has 0 saturated heterocycles. The molecule has 0 aliphatic rings. The second-order valence-corrected chi connectivity index (χ2v) is 5.55. The van der Waals surface area contributed by atoms with Crippen LogP contribution in [0.1, 0.15) is 24.1 Å². The largest absolute Gasteiger partial charge is 0.329 e. The molecule has 0 unspecified atom stereocenters. The molecule has 0 bridgehead atoms. The van der Waals surface area contributed by atoms with E-state index < -0.39 is 0 Å². The number of rotatable bonds is 6. The number of nitrogens with one attached hydrogen (secondary N) is 2. The van der Waals surface area contributed by atoms with Gasteiger partial charge >= 0.3 is 0 Å². The zero-order valence-corrected chi connectivity index (χ0v) is 12.8. The van der Waals surface area contributed by atoms with Gasteiger partial charge in [-0.25, -0.2) is 0 Å². The molecule has 1 heterocycles. The van der Waals surface area contributed by atoms with Crippen molar-refractivity contribution in [2.24, 2.45) is 0 Å². The summed E-state index contributed by atoms with van der Waals surface area (Å²) < 4.78 is 0. The third kappa shape index (κ3) is 4.28. The zero-order valence-electron chi connectivity index (χ0n) is 12.8. The summed E-state index contributed by atoms with van der Waals surface area (Å²) >= 11 is 0. The van der Waals surface area contributed by atoms with E-state index in [9.17, 15) is 4.79 Å². The van der Waals surface area contributed by atoms with Gasteiger partial charge in [0.1, 0.15) is 0 Å². The van der Waals surface area contributed by atoms with Gasteiger partial charge in [0.05, 0.1) is 0 Å². The van der Waals surface area contributed by atoms with Gasteiger partial charge in [0.2, 0.25) is 5.56 Å². The lowest BCUT2D eigenvalue weighted by molar-refractivity contribution is 0.239. The van der Waals surface area contributed by atoms with Crippen LogP contribution in [0, 0.1) is 0 Å². The highest BCUT2D eigenvalue weighted by molar-refractivity contribution is 5.20. The first-order chi connectivity index (χ1) is 10.1. The minimum Gasteiger partial charge on any atom is -0.329 e. The van der Waals surface area contributed by atoms with E-state index in [1.54, 1.807) is 12.3 Å². The molecule has 2 N–H and O–H groups in total. The van der Waals surface area contributed by atoms with Crippen LogP contribution in [0.5, 0.6) is 0 Å². The summed E-state index contributed by atoms with van der Waals surface area (Å²) in [5, 5.41) is 3.53. The molecular formula is C17H23N3O. The number of H-pyrrole nitrogens is 1. The molecule has 0 fully saturated rings. The Morgan fingerprint density at radius 2 is 1.86 bits per heavy atom. The molecule has 0 aliphatic carbocycles. The first kappa shape index (κ1) is 15.5. The topological polar surface area (TPSA) is 48.1 Å². The number of hydrogen-bond acceptors (Lipinski definition) is 3. The maximum atomic E-state index is 11.1. The van der Waals surface area contributed by atoms with Crippen LogP contribution in [0.25, 0.3) is 0 Å². The molecule has 4 heteroatoms. The highest BCUT2D eigenvalue weighted by Gasteiger charge is 2.20. The monoisotopic (exact) mass is 285 g/mol. The molecule has 112 valence electrons. The Morgan fingerprint density at radius 1 is 1.14 bits per heavy atom. The number of likely N-dealkylation sites (N-methyl/N-ethyl adjacent to an activating group) is 1. The van der Waals surface area contributed by atoms with Crippen LogP contribution in [-0.4, -0.2) is 30.0 Å². The fourth-order valence-corrected chi connectivity index (χ4v) is 2.63. The van der Waals surface area contributed by atoms with Crippen molar-refractivity contribution < 1.29 is 0 Å². The average Bonchev–Trinajstić information content (AvgIpc) is 2.47. The van der Waals surface area contributed by atoms with Gasteiger partial charge in [-0.05, 0) is 32.1 Å². The molecule has 2 atom stereocenters. The van der Waals surface area contributed by atoms with Crippen molar-refractivity contribution in [3.8, 4) is 0 Å². The van der Waals surface area contributed by atoms with Crippen LogP contribution in [0.3, 0.4) is 0 Å². The Balaban J connectivity index is 2.04. The average molecular weight is 285 g/mol. The lowest BCUT2D eigenvalue weighted by atomic mass is 9.99. The molecule has 1 aromatic heterocycles. The molecule has 1 aromatic carbocycles. The SMILES string of the molecule is C[C@@H](NCc1ccc(=O)[nH]c1)[C@@H](c1ccccc1)N(C)C. The quantitative estimate of drug-likeness (QED) is 0.855. The first-order valence-corrected chi connectivity index (χ1v) is 7.20. The van der Waals surface area contributed by atoms with E-state index >= 15 is 0 Å². The van der Waals surface area contributed by atoms with Gasteiger partial charge in [-0.15, -0.1) is 0 Å². The summed E-state index contributed by atoms with van der Waals surface area (Å²) in [6.45, 7) is 2.92. The van der Waals surface area contributed by atoms with Crippen molar-refractivity contribution >= 4 is 0 Å². The van der Waals surface area contributed by atoms with E-state index in [1.807, 2.05) is 12.1 Å². The first-order valence-electron chi connectivity index (χ1n) is 7.20. The van der Waals surface area contributed by atoms with E-state index in [0.29, 0.717) is 6.04 Å². The second kappa shape index (κ2) is 7.20. The normalized spacial score (nSPS) is 14.1. The van der Waals surface area contributed by atoms with Crippen LogP contribution in [0.15, 0.2) is 53.5 Å². The fourth-order valence-electron chi connectivity index (χ4n) is 2.63. The van der Waals surface area contributed by atoms with Crippen molar-refractivity contribution in [3.05, 3.63) is 70.1 Å². The highest BCUT2D eigenvalue weighted by Crippen LogP contribution is 2.21. The van der Waals surface area contributed by atoms with Crippen LogP contribution < -0.4 is 10.9 Å². The summed E-state index contributed by atoms with van der Waals surface area (Å²) in [5.74, 6) is 0. The zero-order chi connectivity index (χ0) is 15.2. The Morgan fingerprint density at radius 3 is 2.43 bits per heavy atom. The number of benzene rings is 1. The fraction of sp³-hybridized carbons (Fsp3) is 0.353. The maximum Gasteiger partial charge on any atom is 0.247 e. The predicted octanol–water partition coefficient (Wildman–Crippen LogP) is 2.16. The highest BCUT2D eigenvalue weighted by atomic mass is 16.1. The van der Waals surface area contributed by atoms with Gasteiger partial charge in [-0.2, -0.15) is 0 Å². The third-order valence-corrected chi connectivity index (χ3v) is 3.65. The molecule has 0 radical (unpaired) electrons. The summed E-state index contributed by atoms with van der Waals surface area (Å²) in [7, 11) is 4.19. The van der Waals surface area contributed by atoms with E-state index in [1.165, 1.54) is 5.56 Å². The molecule has 4 nitrogen and oxygen atoms in total. The summed E-state index contributed by atoms with van der Waals surface area (Å²) in [6, 6.07) is 14.5. The van der Waals surface area contributed by atoms with Gasteiger partial charge in [-0.3, -0.25) is 4.79 Å². The molecule has 2 aromatic rings. The lowest BCUT2D eigenvalue weighted by Gasteiger charge is -2.31. The molecule has 21 heavy (non-hydrogen) atoms. The number of nitrogens with zero attached hydrogens (tertiary/aromatic N) is 1.